The van der Waals surface area contributed by atoms with Gasteiger partial charge in [0.15, 0.2) is 12.1 Å². The molecular weight excluding hydrogens is 314 g/mol. The Kier molecular flexibility index (Phi) is 4.22. The van der Waals surface area contributed by atoms with E-state index in [1.54, 1.807) is 6.92 Å². The van der Waals surface area contributed by atoms with Gasteiger partial charge in [-0.3, -0.25) is 9.78 Å². The van der Waals surface area contributed by atoms with Gasteiger partial charge in [0.25, 0.3) is 5.91 Å². The maximum Gasteiger partial charge on any atom is 0.276 e. The van der Waals surface area contributed by atoms with Crippen molar-refractivity contribution in [3.05, 3.63) is 59.9 Å². The second-order valence-electron chi connectivity index (χ2n) is 6.73. The third kappa shape index (κ3) is 3.27. The molecule has 1 saturated heterocycles. The Bertz CT molecular complexity index is 895. The van der Waals surface area contributed by atoms with Crippen molar-refractivity contribution in [1.29, 1.82) is 0 Å². The first-order valence-electron chi connectivity index (χ1n) is 8.74. The normalized spacial score (nSPS) is 15.6. The average Bonchev–Trinajstić information content (AvgIpc) is 3.08. The predicted molar refractivity (Wildman–Crippen MR) is 95.3 cm³/mol. The molecule has 2 aromatic heterocycles. The maximum atomic E-state index is 12.5. The molecule has 128 valence electrons. The lowest BCUT2D eigenvalue weighted by Gasteiger charge is -2.31. The highest BCUT2D eigenvalue weighted by Gasteiger charge is 2.26. The number of carbonyl (C=O) groups is 1. The number of aromatic nitrogens is 2. The lowest BCUT2D eigenvalue weighted by molar-refractivity contribution is 0.0683. The first kappa shape index (κ1) is 15.8. The van der Waals surface area contributed by atoms with Crippen molar-refractivity contribution in [2.45, 2.75) is 26.2 Å². The largest absolute Gasteiger partial charge is 0.448 e. The van der Waals surface area contributed by atoms with Gasteiger partial charge in [-0.15, -0.1) is 0 Å². The summed E-state index contributed by atoms with van der Waals surface area (Å²) in [5.74, 6) is 1.16. The molecular formula is C20H21N3O2. The number of piperidine rings is 1. The van der Waals surface area contributed by atoms with E-state index in [1.807, 2.05) is 29.3 Å². The lowest BCUT2D eigenvalue weighted by Crippen LogP contribution is -2.39. The molecule has 1 aliphatic rings. The van der Waals surface area contributed by atoms with Crippen LogP contribution < -0.4 is 0 Å². The van der Waals surface area contributed by atoms with Gasteiger partial charge in [0.05, 0.1) is 5.52 Å². The van der Waals surface area contributed by atoms with Crippen LogP contribution in [0.15, 0.2) is 47.3 Å². The van der Waals surface area contributed by atoms with Crippen LogP contribution in [0.4, 0.5) is 0 Å². The van der Waals surface area contributed by atoms with E-state index in [1.165, 1.54) is 17.3 Å². The SMILES string of the molecule is Cc1ocnc1C(=O)N1CCC(Cc2cnc3ccccc3c2)CC1. The Hall–Kier alpha value is -2.69. The number of fused-ring (bicyclic) bond motifs is 1. The Balaban J connectivity index is 1.38. The Morgan fingerprint density at radius 1 is 1.24 bits per heavy atom. The first-order valence-corrected chi connectivity index (χ1v) is 8.74. The number of hydrogen-bond donors (Lipinski definition) is 0. The van der Waals surface area contributed by atoms with E-state index >= 15 is 0 Å². The van der Waals surface area contributed by atoms with E-state index in [0.717, 1.165) is 37.9 Å². The van der Waals surface area contributed by atoms with Crippen molar-refractivity contribution in [3.63, 3.8) is 0 Å². The Labute approximate surface area is 146 Å². The van der Waals surface area contributed by atoms with Crippen LogP contribution in [0.2, 0.25) is 0 Å². The minimum absolute atomic E-state index is 0.0166. The van der Waals surface area contributed by atoms with E-state index in [2.05, 4.69) is 22.1 Å². The fourth-order valence-electron chi connectivity index (χ4n) is 3.56. The summed E-state index contributed by atoms with van der Waals surface area (Å²) < 4.78 is 5.15. The number of aryl methyl sites for hydroxylation is 1. The fourth-order valence-corrected chi connectivity index (χ4v) is 3.56. The number of oxazole rings is 1. The molecule has 3 heterocycles. The van der Waals surface area contributed by atoms with E-state index in [4.69, 9.17) is 4.42 Å². The fraction of sp³-hybridized carbons (Fsp3) is 0.350. The smallest absolute Gasteiger partial charge is 0.276 e. The zero-order valence-electron chi connectivity index (χ0n) is 14.3. The van der Waals surface area contributed by atoms with Crippen molar-refractivity contribution < 1.29 is 9.21 Å². The van der Waals surface area contributed by atoms with Crippen LogP contribution in [0.1, 0.15) is 34.7 Å². The maximum absolute atomic E-state index is 12.5. The molecule has 0 N–H and O–H groups in total. The van der Waals surface area contributed by atoms with Gasteiger partial charge >= 0.3 is 0 Å². The summed E-state index contributed by atoms with van der Waals surface area (Å²) in [6, 6.07) is 10.4. The molecule has 1 aliphatic heterocycles. The molecule has 25 heavy (non-hydrogen) atoms. The average molecular weight is 335 g/mol. The van der Waals surface area contributed by atoms with Gasteiger partial charge in [-0.05, 0) is 49.8 Å². The molecule has 1 amide bonds. The van der Waals surface area contributed by atoms with Crippen LogP contribution in [0.3, 0.4) is 0 Å². The van der Waals surface area contributed by atoms with Crippen molar-refractivity contribution >= 4 is 16.8 Å². The van der Waals surface area contributed by atoms with Gasteiger partial charge in [0.1, 0.15) is 5.76 Å². The van der Waals surface area contributed by atoms with Gasteiger partial charge in [0, 0.05) is 24.7 Å². The lowest BCUT2D eigenvalue weighted by atomic mass is 9.90. The van der Waals surface area contributed by atoms with E-state index in [9.17, 15) is 4.79 Å². The number of amides is 1. The van der Waals surface area contributed by atoms with Crippen LogP contribution in [0.5, 0.6) is 0 Å². The summed E-state index contributed by atoms with van der Waals surface area (Å²) in [5.41, 5.74) is 2.75. The molecule has 5 nitrogen and oxygen atoms in total. The molecule has 0 saturated carbocycles. The quantitative estimate of drug-likeness (QED) is 0.733. The summed E-state index contributed by atoms with van der Waals surface area (Å²) >= 11 is 0. The second kappa shape index (κ2) is 6.67. The number of benzene rings is 1. The van der Waals surface area contributed by atoms with E-state index in [0.29, 0.717) is 17.4 Å². The van der Waals surface area contributed by atoms with Gasteiger partial charge in [-0.25, -0.2) is 4.98 Å². The first-order chi connectivity index (χ1) is 12.2. The van der Waals surface area contributed by atoms with Crippen molar-refractivity contribution in [2.24, 2.45) is 5.92 Å². The van der Waals surface area contributed by atoms with Crippen LogP contribution >= 0.6 is 0 Å². The van der Waals surface area contributed by atoms with E-state index in [-0.39, 0.29) is 5.91 Å². The van der Waals surface area contributed by atoms with Crippen molar-refractivity contribution in [1.82, 2.24) is 14.9 Å². The van der Waals surface area contributed by atoms with Gasteiger partial charge in [-0.1, -0.05) is 18.2 Å². The molecule has 0 unspecified atom stereocenters. The number of hydrogen-bond acceptors (Lipinski definition) is 4. The summed E-state index contributed by atoms with van der Waals surface area (Å²) in [6.45, 7) is 3.33. The monoisotopic (exact) mass is 335 g/mol. The van der Waals surface area contributed by atoms with Crippen LogP contribution in [0, 0.1) is 12.8 Å². The standard InChI is InChI=1S/C20H21N3O2/c1-14-19(22-13-25-14)20(24)23-8-6-15(7-9-23)10-16-11-17-4-2-3-5-18(17)21-12-16/h2-5,11-13,15H,6-10H2,1H3. The molecule has 1 aromatic carbocycles. The number of likely N-dealkylation sites (tertiary alicyclic amines) is 1. The van der Waals surface area contributed by atoms with E-state index < -0.39 is 0 Å². The number of nitrogens with zero attached hydrogens (tertiary/aromatic N) is 3. The van der Waals surface area contributed by atoms with Crippen LogP contribution in [-0.2, 0) is 6.42 Å². The van der Waals surface area contributed by atoms with Gasteiger partial charge in [-0.2, -0.15) is 0 Å². The zero-order chi connectivity index (χ0) is 17.2. The summed E-state index contributed by atoms with van der Waals surface area (Å²) in [7, 11) is 0. The van der Waals surface area contributed by atoms with Crippen molar-refractivity contribution in [3.8, 4) is 0 Å². The molecule has 0 aliphatic carbocycles. The molecule has 5 heteroatoms. The predicted octanol–water partition coefficient (Wildman–Crippen LogP) is 3.63. The van der Waals surface area contributed by atoms with Crippen LogP contribution in [-0.4, -0.2) is 33.9 Å². The summed E-state index contributed by atoms with van der Waals surface area (Å²) in [4.78, 5) is 23.0. The Morgan fingerprint density at radius 2 is 2.04 bits per heavy atom. The number of para-hydroxylation sites is 1. The molecule has 0 bridgehead atoms. The minimum atomic E-state index is -0.0166. The summed E-state index contributed by atoms with van der Waals surface area (Å²) in [5, 5.41) is 1.19. The van der Waals surface area contributed by atoms with Gasteiger partial charge < -0.3 is 9.32 Å². The molecule has 3 aromatic rings. The molecule has 0 atom stereocenters. The minimum Gasteiger partial charge on any atom is -0.448 e. The third-order valence-corrected chi connectivity index (χ3v) is 5.02. The van der Waals surface area contributed by atoms with Gasteiger partial charge in [0.2, 0.25) is 0 Å². The summed E-state index contributed by atoms with van der Waals surface area (Å²) in [6.07, 6.45) is 6.36. The Morgan fingerprint density at radius 3 is 2.80 bits per heavy atom. The topological polar surface area (TPSA) is 59.2 Å². The number of pyridine rings is 1. The molecule has 0 radical (unpaired) electrons. The molecule has 0 spiro atoms. The highest BCUT2D eigenvalue weighted by molar-refractivity contribution is 5.93. The van der Waals surface area contributed by atoms with Crippen LogP contribution in [0.25, 0.3) is 10.9 Å². The highest BCUT2D eigenvalue weighted by atomic mass is 16.3. The second-order valence-corrected chi connectivity index (χ2v) is 6.73. The number of rotatable bonds is 3. The molecule has 4 rings (SSSR count). The zero-order valence-corrected chi connectivity index (χ0v) is 14.3. The highest BCUT2D eigenvalue weighted by Crippen LogP contribution is 2.24. The third-order valence-electron chi connectivity index (χ3n) is 5.02. The number of carbonyl (C=O) groups excluding carboxylic acids is 1. The molecule has 1 fully saturated rings. The van der Waals surface area contributed by atoms with Crippen molar-refractivity contribution in [2.75, 3.05) is 13.1 Å².